The maximum absolute atomic E-state index is 6.57. The Morgan fingerprint density at radius 2 is 1.38 bits per heavy atom. The van der Waals surface area contributed by atoms with Gasteiger partial charge in [-0.15, -0.1) is 0 Å². The first-order valence-corrected chi connectivity index (χ1v) is 9.73. The zero-order valence-electron chi connectivity index (χ0n) is 16.0. The van der Waals surface area contributed by atoms with E-state index in [-0.39, 0.29) is 0 Å². The van der Waals surface area contributed by atoms with Gasteiger partial charge in [-0.25, -0.2) is 0 Å². The number of ether oxygens (including phenoxy) is 2. The van der Waals surface area contributed by atoms with E-state index in [1.165, 1.54) is 27.1 Å². The molecule has 0 fully saturated rings. The Morgan fingerprint density at radius 1 is 0.655 bits per heavy atom. The Labute approximate surface area is 168 Å². The highest BCUT2D eigenvalue weighted by Gasteiger charge is 2.23. The lowest BCUT2D eigenvalue weighted by Crippen LogP contribution is -1.99. The van der Waals surface area contributed by atoms with E-state index in [0.717, 1.165) is 33.9 Å². The molecule has 0 saturated heterocycles. The summed E-state index contributed by atoms with van der Waals surface area (Å²) in [4.78, 5) is 0. The van der Waals surface area contributed by atoms with Crippen LogP contribution in [0.25, 0.3) is 43.8 Å². The van der Waals surface area contributed by atoms with Crippen molar-refractivity contribution in [1.82, 2.24) is 0 Å². The van der Waals surface area contributed by atoms with Crippen LogP contribution < -0.4 is 9.47 Å². The third kappa shape index (κ3) is 2.36. The molecule has 0 N–H and O–H groups in total. The van der Waals surface area contributed by atoms with Gasteiger partial charge in [-0.3, -0.25) is 0 Å². The van der Waals surface area contributed by atoms with Crippen LogP contribution in [0, 0.1) is 0 Å². The van der Waals surface area contributed by atoms with Gasteiger partial charge in [0.05, 0.1) is 7.11 Å². The van der Waals surface area contributed by atoms with Crippen molar-refractivity contribution < 1.29 is 9.47 Å². The number of fused-ring (bicyclic) bond motifs is 4. The predicted molar refractivity (Wildman–Crippen MR) is 119 cm³/mol. The molecule has 1 aliphatic rings. The van der Waals surface area contributed by atoms with E-state index >= 15 is 0 Å². The third-order valence-corrected chi connectivity index (χ3v) is 5.77. The van der Waals surface area contributed by atoms with Crippen molar-refractivity contribution in [2.24, 2.45) is 0 Å². The Kier molecular flexibility index (Phi) is 3.41. The number of methoxy groups -OCH3 is 1. The molecule has 5 aromatic rings. The van der Waals surface area contributed by atoms with Gasteiger partial charge in [-0.05, 0) is 45.5 Å². The molecule has 0 bridgehead atoms. The van der Waals surface area contributed by atoms with E-state index in [0.29, 0.717) is 0 Å². The van der Waals surface area contributed by atoms with E-state index in [1.54, 1.807) is 7.11 Å². The summed E-state index contributed by atoms with van der Waals surface area (Å²) in [6.45, 7) is 0. The minimum Gasteiger partial charge on any atom is -0.497 e. The molecule has 1 aliphatic heterocycles. The van der Waals surface area contributed by atoms with Crippen LogP contribution in [-0.2, 0) is 0 Å². The van der Waals surface area contributed by atoms with Gasteiger partial charge in [0.2, 0.25) is 0 Å². The summed E-state index contributed by atoms with van der Waals surface area (Å²) in [5.41, 5.74) is 4.55. The number of hydrogen-bond acceptors (Lipinski definition) is 2. The van der Waals surface area contributed by atoms with Gasteiger partial charge in [0.25, 0.3) is 0 Å². The summed E-state index contributed by atoms with van der Waals surface area (Å²) in [6.07, 6.45) is 0. The second kappa shape index (κ2) is 6.11. The van der Waals surface area contributed by atoms with Gasteiger partial charge in [-0.1, -0.05) is 72.8 Å². The first kappa shape index (κ1) is 16.2. The summed E-state index contributed by atoms with van der Waals surface area (Å²) < 4.78 is 11.9. The third-order valence-electron chi connectivity index (χ3n) is 5.77. The SMILES string of the molecule is COc1ccc(-c2cccc3c2Oc2cc4ccccc4c4cccc-3c24)cc1. The van der Waals surface area contributed by atoms with Crippen molar-refractivity contribution in [2.75, 3.05) is 7.11 Å². The van der Waals surface area contributed by atoms with Gasteiger partial charge in [0, 0.05) is 16.5 Å². The quantitative estimate of drug-likeness (QED) is 0.293. The zero-order valence-corrected chi connectivity index (χ0v) is 16.0. The highest BCUT2D eigenvalue weighted by molar-refractivity contribution is 6.16. The van der Waals surface area contributed by atoms with Crippen molar-refractivity contribution in [1.29, 1.82) is 0 Å². The fourth-order valence-electron chi connectivity index (χ4n) is 4.40. The Balaban J connectivity index is 1.65. The lowest BCUT2D eigenvalue weighted by atomic mass is 9.89. The van der Waals surface area contributed by atoms with Crippen LogP contribution in [0.1, 0.15) is 0 Å². The van der Waals surface area contributed by atoms with Gasteiger partial charge >= 0.3 is 0 Å². The van der Waals surface area contributed by atoms with Crippen LogP contribution in [0.4, 0.5) is 0 Å². The number of para-hydroxylation sites is 1. The fraction of sp³-hybridized carbons (Fsp3) is 0.0370. The molecular formula is C27H18O2. The van der Waals surface area contributed by atoms with Crippen LogP contribution in [0.2, 0.25) is 0 Å². The Bertz CT molecular complexity index is 1400. The topological polar surface area (TPSA) is 18.5 Å². The van der Waals surface area contributed by atoms with E-state index in [1.807, 2.05) is 12.1 Å². The normalized spacial score (nSPS) is 11.9. The van der Waals surface area contributed by atoms with Crippen molar-refractivity contribution >= 4 is 21.5 Å². The average Bonchev–Trinajstić information content (AvgIpc) is 2.79. The smallest absolute Gasteiger partial charge is 0.143 e. The molecule has 6 rings (SSSR count). The molecule has 0 saturated carbocycles. The predicted octanol–water partition coefficient (Wildman–Crippen LogP) is 7.44. The van der Waals surface area contributed by atoms with Gasteiger partial charge in [-0.2, -0.15) is 0 Å². The van der Waals surface area contributed by atoms with Gasteiger partial charge in [0.15, 0.2) is 0 Å². The minimum atomic E-state index is 0.848. The molecule has 0 unspecified atom stereocenters. The molecule has 0 spiro atoms. The number of rotatable bonds is 2. The first-order valence-electron chi connectivity index (χ1n) is 9.73. The fourth-order valence-corrected chi connectivity index (χ4v) is 4.40. The van der Waals surface area contributed by atoms with E-state index in [4.69, 9.17) is 9.47 Å². The molecule has 2 heteroatoms. The van der Waals surface area contributed by atoms with Crippen LogP contribution in [-0.4, -0.2) is 7.11 Å². The van der Waals surface area contributed by atoms with Crippen molar-refractivity contribution in [2.45, 2.75) is 0 Å². The summed E-state index contributed by atoms with van der Waals surface area (Å²) in [7, 11) is 1.68. The summed E-state index contributed by atoms with van der Waals surface area (Å²) in [5.74, 6) is 2.68. The first-order chi connectivity index (χ1) is 14.3. The molecule has 0 atom stereocenters. The van der Waals surface area contributed by atoms with Gasteiger partial charge in [0.1, 0.15) is 17.2 Å². The minimum absolute atomic E-state index is 0.848. The Hall–Kier alpha value is -3.78. The molecule has 1 heterocycles. The van der Waals surface area contributed by atoms with Crippen LogP contribution in [0.3, 0.4) is 0 Å². The lowest BCUT2D eigenvalue weighted by Gasteiger charge is -2.24. The summed E-state index contributed by atoms with van der Waals surface area (Å²) in [6, 6.07) is 31.7. The number of benzene rings is 5. The molecule has 0 radical (unpaired) electrons. The second-order valence-corrected chi connectivity index (χ2v) is 7.34. The molecule has 138 valence electrons. The van der Waals surface area contributed by atoms with E-state index in [9.17, 15) is 0 Å². The Morgan fingerprint density at radius 3 is 2.24 bits per heavy atom. The standard InChI is InChI=1S/C27H18O2/c1-28-19-14-12-17(13-15-19)21-8-4-11-24-23-10-5-9-22-20-7-3-2-6-18(20)16-25(26(22)23)29-27(21)24/h2-16H,1H3. The molecular weight excluding hydrogens is 356 g/mol. The monoisotopic (exact) mass is 374 g/mol. The molecule has 0 aromatic heterocycles. The average molecular weight is 374 g/mol. The molecule has 0 aliphatic carbocycles. The van der Waals surface area contributed by atoms with Crippen molar-refractivity contribution in [3.63, 3.8) is 0 Å². The van der Waals surface area contributed by atoms with Crippen LogP contribution in [0.15, 0.2) is 91.0 Å². The summed E-state index contributed by atoms with van der Waals surface area (Å²) in [5, 5.41) is 4.87. The van der Waals surface area contributed by atoms with Crippen molar-refractivity contribution in [3.05, 3.63) is 91.0 Å². The molecule has 5 aromatic carbocycles. The lowest BCUT2D eigenvalue weighted by molar-refractivity contribution is 0.415. The van der Waals surface area contributed by atoms with Gasteiger partial charge < -0.3 is 9.47 Å². The highest BCUT2D eigenvalue weighted by Crippen LogP contribution is 2.51. The van der Waals surface area contributed by atoms with Crippen molar-refractivity contribution in [3.8, 4) is 39.5 Å². The van der Waals surface area contributed by atoms with E-state index in [2.05, 4.69) is 78.9 Å². The van der Waals surface area contributed by atoms with E-state index < -0.39 is 0 Å². The molecule has 29 heavy (non-hydrogen) atoms. The second-order valence-electron chi connectivity index (χ2n) is 7.34. The van der Waals surface area contributed by atoms with Crippen LogP contribution in [0.5, 0.6) is 17.2 Å². The van der Waals surface area contributed by atoms with Crippen LogP contribution >= 0.6 is 0 Å². The number of hydrogen-bond donors (Lipinski definition) is 0. The molecule has 0 amide bonds. The maximum atomic E-state index is 6.57. The highest BCUT2D eigenvalue weighted by atomic mass is 16.5. The zero-order chi connectivity index (χ0) is 19.4. The maximum Gasteiger partial charge on any atom is 0.143 e. The summed E-state index contributed by atoms with van der Waals surface area (Å²) >= 11 is 0. The molecule has 2 nitrogen and oxygen atoms in total. The largest absolute Gasteiger partial charge is 0.497 e.